The highest BCUT2D eigenvalue weighted by atomic mass is 35.5. The molecule has 4 nitrogen and oxygen atoms in total. The number of carbonyl (C=O) groups is 1. The number of nitrogens with one attached hydrogen (secondary N) is 2. The van der Waals surface area contributed by atoms with Crippen LogP contribution in [0.15, 0.2) is 18.2 Å². The van der Waals surface area contributed by atoms with Crippen LogP contribution in [-0.2, 0) is 4.79 Å². The Hall–Kier alpha value is -1.57. The topological polar surface area (TPSA) is 64.9 Å². The molecule has 1 heterocycles. The molecule has 19 heavy (non-hydrogen) atoms. The molecule has 5 heteroatoms. The Bertz CT molecular complexity index is 530. The zero-order valence-electron chi connectivity index (χ0n) is 10.8. The average molecular weight is 278 g/mol. The summed E-state index contributed by atoms with van der Waals surface area (Å²) in [6.45, 7) is 2.75. The summed E-state index contributed by atoms with van der Waals surface area (Å²) >= 11 is 6.05. The van der Waals surface area contributed by atoms with E-state index in [1.54, 1.807) is 18.2 Å². The second-order valence-electron chi connectivity index (χ2n) is 4.98. The van der Waals surface area contributed by atoms with Crippen molar-refractivity contribution in [2.45, 2.75) is 31.7 Å². The average Bonchev–Trinajstić information content (AvgIpc) is 2.41. The van der Waals surface area contributed by atoms with E-state index in [2.05, 4.69) is 10.6 Å². The van der Waals surface area contributed by atoms with Crippen LogP contribution < -0.4 is 10.6 Å². The van der Waals surface area contributed by atoms with E-state index in [1.807, 2.05) is 13.0 Å². The van der Waals surface area contributed by atoms with Crippen LogP contribution in [0.4, 0.5) is 5.69 Å². The van der Waals surface area contributed by atoms with Crippen molar-refractivity contribution in [3.63, 3.8) is 0 Å². The number of piperidine rings is 1. The maximum atomic E-state index is 12.3. The van der Waals surface area contributed by atoms with Crippen molar-refractivity contribution in [1.82, 2.24) is 5.32 Å². The first-order valence-electron chi connectivity index (χ1n) is 6.31. The number of hydrogen-bond donors (Lipinski definition) is 2. The fourth-order valence-corrected chi connectivity index (χ4v) is 2.42. The highest BCUT2D eigenvalue weighted by Gasteiger charge is 2.34. The van der Waals surface area contributed by atoms with E-state index < -0.39 is 5.54 Å². The van der Waals surface area contributed by atoms with Crippen LogP contribution in [-0.4, -0.2) is 18.0 Å². The van der Waals surface area contributed by atoms with Crippen molar-refractivity contribution >= 4 is 23.2 Å². The summed E-state index contributed by atoms with van der Waals surface area (Å²) in [7, 11) is 0. The van der Waals surface area contributed by atoms with E-state index in [1.165, 1.54) is 0 Å². The highest BCUT2D eigenvalue weighted by molar-refractivity contribution is 6.33. The van der Waals surface area contributed by atoms with Gasteiger partial charge in [-0.2, -0.15) is 5.26 Å². The smallest absolute Gasteiger partial charge is 0.244 e. The van der Waals surface area contributed by atoms with Crippen LogP contribution in [0, 0.1) is 11.3 Å². The lowest BCUT2D eigenvalue weighted by Crippen LogP contribution is -2.54. The molecule has 100 valence electrons. The molecular formula is C14H16ClN3O. The maximum absolute atomic E-state index is 12.3. The number of benzene rings is 1. The van der Waals surface area contributed by atoms with Crippen molar-refractivity contribution < 1.29 is 4.79 Å². The van der Waals surface area contributed by atoms with Gasteiger partial charge in [-0.05, 0) is 50.9 Å². The molecular weight excluding hydrogens is 262 g/mol. The second-order valence-corrected chi connectivity index (χ2v) is 5.38. The Morgan fingerprint density at radius 3 is 2.89 bits per heavy atom. The number of amides is 1. The van der Waals surface area contributed by atoms with E-state index in [4.69, 9.17) is 16.9 Å². The summed E-state index contributed by atoms with van der Waals surface area (Å²) in [4.78, 5) is 12.3. The zero-order valence-corrected chi connectivity index (χ0v) is 11.5. The number of nitrogens with zero attached hydrogens (tertiary/aromatic N) is 1. The van der Waals surface area contributed by atoms with Crippen molar-refractivity contribution in [2.24, 2.45) is 0 Å². The van der Waals surface area contributed by atoms with Crippen LogP contribution in [0.5, 0.6) is 0 Å². The molecule has 1 saturated heterocycles. The van der Waals surface area contributed by atoms with Gasteiger partial charge in [0.25, 0.3) is 0 Å². The Labute approximate surface area is 117 Å². The van der Waals surface area contributed by atoms with E-state index in [0.29, 0.717) is 16.3 Å². The summed E-state index contributed by atoms with van der Waals surface area (Å²) < 4.78 is 0. The van der Waals surface area contributed by atoms with Crippen LogP contribution >= 0.6 is 11.6 Å². The molecule has 0 spiro atoms. The third-order valence-corrected chi connectivity index (χ3v) is 3.78. The van der Waals surface area contributed by atoms with E-state index in [-0.39, 0.29) is 5.91 Å². The van der Waals surface area contributed by atoms with Crippen LogP contribution in [0.1, 0.15) is 31.7 Å². The van der Waals surface area contributed by atoms with Crippen LogP contribution in [0.2, 0.25) is 5.02 Å². The number of anilines is 1. The second kappa shape index (κ2) is 5.60. The number of hydrogen-bond acceptors (Lipinski definition) is 3. The largest absolute Gasteiger partial charge is 0.323 e. The monoisotopic (exact) mass is 277 g/mol. The molecule has 2 rings (SSSR count). The molecule has 0 saturated carbocycles. The fourth-order valence-electron chi connectivity index (χ4n) is 2.20. The van der Waals surface area contributed by atoms with Gasteiger partial charge in [-0.1, -0.05) is 11.6 Å². The number of nitriles is 1. The molecule has 1 amide bonds. The van der Waals surface area contributed by atoms with E-state index in [0.717, 1.165) is 25.8 Å². The third kappa shape index (κ3) is 3.06. The van der Waals surface area contributed by atoms with Gasteiger partial charge in [0.1, 0.15) is 0 Å². The van der Waals surface area contributed by atoms with Crippen molar-refractivity contribution in [1.29, 1.82) is 5.26 Å². The molecule has 1 unspecified atom stereocenters. The van der Waals surface area contributed by atoms with Gasteiger partial charge in [0.05, 0.1) is 27.9 Å². The number of carbonyl (C=O) groups excluding carboxylic acids is 1. The van der Waals surface area contributed by atoms with Gasteiger partial charge in [-0.3, -0.25) is 4.79 Å². The van der Waals surface area contributed by atoms with Crippen LogP contribution in [0.3, 0.4) is 0 Å². The predicted molar refractivity (Wildman–Crippen MR) is 75.1 cm³/mol. The van der Waals surface area contributed by atoms with Gasteiger partial charge in [-0.25, -0.2) is 0 Å². The SMILES string of the molecule is CC1(C(=O)Nc2ccc(C#N)cc2Cl)CCCCN1. The Balaban J connectivity index is 2.13. The van der Waals surface area contributed by atoms with E-state index >= 15 is 0 Å². The quantitative estimate of drug-likeness (QED) is 0.873. The summed E-state index contributed by atoms with van der Waals surface area (Å²) in [6, 6.07) is 6.85. The first kappa shape index (κ1) is 13.9. The van der Waals surface area contributed by atoms with E-state index in [9.17, 15) is 4.79 Å². The summed E-state index contributed by atoms with van der Waals surface area (Å²) in [5.74, 6) is -0.0844. The lowest BCUT2D eigenvalue weighted by molar-refractivity contribution is -0.122. The normalized spacial score (nSPS) is 22.6. The first-order valence-corrected chi connectivity index (χ1v) is 6.69. The molecule has 2 N–H and O–H groups in total. The fraction of sp³-hybridized carbons (Fsp3) is 0.429. The number of halogens is 1. The zero-order chi connectivity index (χ0) is 13.9. The minimum atomic E-state index is -0.546. The Morgan fingerprint density at radius 1 is 1.53 bits per heavy atom. The number of rotatable bonds is 2. The summed E-state index contributed by atoms with van der Waals surface area (Å²) in [6.07, 6.45) is 2.95. The maximum Gasteiger partial charge on any atom is 0.244 e. The molecule has 1 aromatic rings. The van der Waals surface area contributed by atoms with Gasteiger partial charge in [0.2, 0.25) is 5.91 Å². The van der Waals surface area contributed by atoms with Crippen molar-refractivity contribution in [2.75, 3.05) is 11.9 Å². The minimum absolute atomic E-state index is 0.0844. The molecule has 1 aliphatic rings. The molecule has 0 aromatic heterocycles. The van der Waals surface area contributed by atoms with Gasteiger partial charge in [0.15, 0.2) is 0 Å². The molecule has 0 aliphatic carbocycles. The van der Waals surface area contributed by atoms with Crippen LogP contribution in [0.25, 0.3) is 0 Å². The minimum Gasteiger partial charge on any atom is -0.323 e. The molecule has 1 atom stereocenters. The van der Waals surface area contributed by atoms with Gasteiger partial charge >= 0.3 is 0 Å². The lowest BCUT2D eigenvalue weighted by atomic mass is 9.90. The summed E-state index contributed by atoms with van der Waals surface area (Å²) in [5.41, 5.74) is 0.472. The standard InChI is InChI=1S/C14H16ClN3O/c1-14(6-2-3-7-17-14)13(19)18-12-5-4-10(9-16)8-11(12)15/h4-5,8,17H,2-3,6-7H2,1H3,(H,18,19). The third-order valence-electron chi connectivity index (χ3n) is 3.47. The summed E-state index contributed by atoms with van der Waals surface area (Å²) in [5, 5.41) is 15.2. The van der Waals surface area contributed by atoms with Crippen molar-refractivity contribution in [3.05, 3.63) is 28.8 Å². The Morgan fingerprint density at radius 2 is 2.32 bits per heavy atom. The lowest BCUT2D eigenvalue weighted by Gasteiger charge is -2.33. The molecule has 1 fully saturated rings. The van der Waals surface area contributed by atoms with Gasteiger partial charge in [0, 0.05) is 0 Å². The molecule has 0 bridgehead atoms. The molecule has 0 radical (unpaired) electrons. The molecule has 1 aromatic carbocycles. The predicted octanol–water partition coefficient (Wildman–Crippen LogP) is 2.68. The van der Waals surface area contributed by atoms with Gasteiger partial charge in [-0.15, -0.1) is 0 Å². The van der Waals surface area contributed by atoms with Gasteiger partial charge < -0.3 is 10.6 Å². The molecule has 1 aliphatic heterocycles. The highest BCUT2D eigenvalue weighted by Crippen LogP contribution is 2.26. The first-order chi connectivity index (χ1) is 9.05. The Kier molecular flexibility index (Phi) is 4.08. The van der Waals surface area contributed by atoms with Crippen molar-refractivity contribution in [3.8, 4) is 6.07 Å².